The van der Waals surface area contributed by atoms with E-state index in [4.69, 9.17) is 0 Å². The Balaban J connectivity index is 2.98. The summed E-state index contributed by atoms with van der Waals surface area (Å²) in [5.41, 5.74) is 0. The Labute approximate surface area is 81.2 Å². The summed E-state index contributed by atoms with van der Waals surface area (Å²) >= 11 is 4.62. The molecular weight excluding hydrogens is 240 g/mol. The van der Waals surface area contributed by atoms with Gasteiger partial charge in [0.25, 0.3) is 0 Å². The number of hydrogen-bond acceptors (Lipinski definition) is 3. The Morgan fingerprint density at radius 2 is 1.92 bits per heavy atom. The minimum Gasteiger partial charge on any atom is -0.506 e. The molecule has 0 aliphatic heterocycles. The Morgan fingerprint density at radius 3 is 2.58 bits per heavy atom. The van der Waals surface area contributed by atoms with Gasteiger partial charge in [-0.1, -0.05) is 0 Å². The molecule has 0 amide bonds. The summed E-state index contributed by atoms with van der Waals surface area (Å²) in [4.78, 5) is 0. The van der Waals surface area contributed by atoms with Crippen molar-refractivity contribution in [2.45, 2.75) is 0 Å². The molecule has 1 heterocycles. The number of halogens is 1. The minimum atomic E-state index is 0.206. The summed E-state index contributed by atoms with van der Waals surface area (Å²) < 4.78 is 1.51. The highest BCUT2D eigenvalue weighted by molar-refractivity contribution is 9.10. The van der Waals surface area contributed by atoms with Crippen LogP contribution in [0.5, 0.6) is 11.5 Å². The minimum absolute atomic E-state index is 0.206. The SMILES string of the molecule is Oc1ccc(Br)c2c(O)csc12. The fraction of sp³-hybridized carbons (Fsp3) is 0. The lowest BCUT2D eigenvalue weighted by Crippen LogP contribution is -1.69. The molecule has 0 bridgehead atoms. The molecule has 4 heteroatoms. The van der Waals surface area contributed by atoms with E-state index in [0.717, 1.165) is 4.47 Å². The maximum absolute atomic E-state index is 9.39. The van der Waals surface area contributed by atoms with Gasteiger partial charge >= 0.3 is 0 Å². The number of benzene rings is 1. The number of aromatic hydroxyl groups is 2. The molecule has 2 nitrogen and oxygen atoms in total. The van der Waals surface area contributed by atoms with Crippen LogP contribution in [0.1, 0.15) is 0 Å². The third-order valence-corrected chi connectivity index (χ3v) is 3.28. The van der Waals surface area contributed by atoms with Crippen LogP contribution in [0.3, 0.4) is 0 Å². The smallest absolute Gasteiger partial charge is 0.135 e. The van der Waals surface area contributed by atoms with Gasteiger partial charge in [-0.15, -0.1) is 11.3 Å². The van der Waals surface area contributed by atoms with Crippen LogP contribution in [0.15, 0.2) is 22.0 Å². The molecule has 2 rings (SSSR count). The highest BCUT2D eigenvalue weighted by Gasteiger charge is 2.09. The third-order valence-electron chi connectivity index (χ3n) is 1.63. The van der Waals surface area contributed by atoms with E-state index in [-0.39, 0.29) is 11.5 Å². The fourth-order valence-corrected chi connectivity index (χ4v) is 2.61. The number of rotatable bonds is 0. The van der Waals surface area contributed by atoms with Crippen molar-refractivity contribution in [3.8, 4) is 11.5 Å². The number of hydrogen-bond donors (Lipinski definition) is 2. The predicted octanol–water partition coefficient (Wildman–Crippen LogP) is 3.08. The van der Waals surface area contributed by atoms with Crippen LogP contribution in [-0.4, -0.2) is 10.2 Å². The molecule has 2 N–H and O–H groups in total. The van der Waals surface area contributed by atoms with Gasteiger partial charge in [0.05, 0.1) is 10.1 Å². The molecule has 0 saturated heterocycles. The quantitative estimate of drug-likeness (QED) is 0.748. The molecule has 12 heavy (non-hydrogen) atoms. The monoisotopic (exact) mass is 244 g/mol. The van der Waals surface area contributed by atoms with Crippen LogP contribution in [0.25, 0.3) is 10.1 Å². The summed E-state index contributed by atoms with van der Waals surface area (Å²) in [6.07, 6.45) is 0. The molecule has 1 aromatic heterocycles. The van der Waals surface area contributed by atoms with Gasteiger partial charge in [-0.2, -0.15) is 0 Å². The lowest BCUT2D eigenvalue weighted by atomic mass is 10.2. The van der Waals surface area contributed by atoms with E-state index in [2.05, 4.69) is 15.9 Å². The summed E-state index contributed by atoms with van der Waals surface area (Å²) in [7, 11) is 0. The van der Waals surface area contributed by atoms with Crippen LogP contribution in [0.4, 0.5) is 0 Å². The summed E-state index contributed by atoms with van der Waals surface area (Å²) in [5, 5.41) is 21.1. The highest BCUT2D eigenvalue weighted by atomic mass is 79.9. The second-order valence-corrected chi connectivity index (χ2v) is 4.13. The van der Waals surface area contributed by atoms with E-state index < -0.39 is 0 Å². The van der Waals surface area contributed by atoms with Crippen molar-refractivity contribution in [2.75, 3.05) is 0 Å². The van der Waals surface area contributed by atoms with Crippen LogP contribution in [-0.2, 0) is 0 Å². The van der Waals surface area contributed by atoms with E-state index in [1.807, 2.05) is 0 Å². The summed E-state index contributed by atoms with van der Waals surface area (Å²) in [6, 6.07) is 3.31. The van der Waals surface area contributed by atoms with Gasteiger partial charge in [0.1, 0.15) is 11.5 Å². The van der Waals surface area contributed by atoms with Crippen molar-refractivity contribution < 1.29 is 10.2 Å². The highest BCUT2D eigenvalue weighted by Crippen LogP contribution is 2.41. The van der Waals surface area contributed by atoms with E-state index in [1.165, 1.54) is 11.3 Å². The van der Waals surface area contributed by atoms with Crippen molar-refractivity contribution >= 4 is 37.4 Å². The first kappa shape index (κ1) is 7.89. The third kappa shape index (κ3) is 0.990. The van der Waals surface area contributed by atoms with Crippen LogP contribution < -0.4 is 0 Å². The molecule has 62 valence electrons. The maximum Gasteiger partial charge on any atom is 0.135 e. The lowest BCUT2D eigenvalue weighted by molar-refractivity contribution is 0.478. The Hall–Kier alpha value is -0.740. The molecule has 0 aliphatic rings. The normalized spacial score (nSPS) is 10.8. The molecule has 1 aromatic carbocycles. The second kappa shape index (κ2) is 2.64. The number of fused-ring (bicyclic) bond motifs is 1. The Morgan fingerprint density at radius 1 is 1.17 bits per heavy atom. The molecule has 0 unspecified atom stereocenters. The molecule has 0 fully saturated rings. The first-order chi connectivity index (χ1) is 5.70. The lowest BCUT2D eigenvalue weighted by Gasteiger charge is -1.96. The van der Waals surface area contributed by atoms with E-state index in [0.29, 0.717) is 10.1 Å². The Kier molecular flexibility index (Phi) is 1.73. The van der Waals surface area contributed by atoms with Gasteiger partial charge in [-0.25, -0.2) is 0 Å². The molecule has 0 aliphatic carbocycles. The van der Waals surface area contributed by atoms with E-state index >= 15 is 0 Å². The van der Waals surface area contributed by atoms with E-state index in [9.17, 15) is 10.2 Å². The predicted molar refractivity (Wildman–Crippen MR) is 52.9 cm³/mol. The zero-order chi connectivity index (χ0) is 8.72. The zero-order valence-electron chi connectivity index (χ0n) is 5.91. The van der Waals surface area contributed by atoms with Crippen molar-refractivity contribution in [3.63, 3.8) is 0 Å². The molecule has 0 radical (unpaired) electrons. The molecule has 0 saturated carbocycles. The fourth-order valence-electron chi connectivity index (χ4n) is 1.08. The van der Waals surface area contributed by atoms with Crippen molar-refractivity contribution in [1.82, 2.24) is 0 Å². The number of thiophene rings is 1. The van der Waals surface area contributed by atoms with Gasteiger partial charge in [0, 0.05) is 9.85 Å². The average Bonchev–Trinajstić information content (AvgIpc) is 2.42. The second-order valence-electron chi connectivity index (χ2n) is 2.39. The van der Waals surface area contributed by atoms with Crippen LogP contribution in [0.2, 0.25) is 0 Å². The topological polar surface area (TPSA) is 40.5 Å². The largest absolute Gasteiger partial charge is 0.506 e. The van der Waals surface area contributed by atoms with Crippen LogP contribution in [0, 0.1) is 0 Å². The van der Waals surface area contributed by atoms with Gasteiger partial charge in [-0.05, 0) is 28.1 Å². The maximum atomic E-state index is 9.39. The molecule has 0 spiro atoms. The van der Waals surface area contributed by atoms with Crippen molar-refractivity contribution in [1.29, 1.82) is 0 Å². The first-order valence-electron chi connectivity index (χ1n) is 3.28. The van der Waals surface area contributed by atoms with Crippen molar-refractivity contribution in [3.05, 3.63) is 22.0 Å². The number of phenolic OH excluding ortho intramolecular Hbond substituents is 1. The first-order valence-corrected chi connectivity index (χ1v) is 4.95. The van der Waals surface area contributed by atoms with Gasteiger partial charge in [0.2, 0.25) is 0 Å². The summed E-state index contributed by atoms with van der Waals surface area (Å²) in [5.74, 6) is 0.413. The molecule has 0 atom stereocenters. The van der Waals surface area contributed by atoms with Gasteiger partial charge in [0.15, 0.2) is 0 Å². The standard InChI is InChI=1S/C8H5BrO2S/c9-4-1-2-5(10)8-7(4)6(11)3-12-8/h1-3,10-11H. The summed E-state index contributed by atoms with van der Waals surface area (Å²) in [6.45, 7) is 0. The Bertz CT molecular complexity index is 436. The van der Waals surface area contributed by atoms with Crippen LogP contribution >= 0.6 is 27.3 Å². The zero-order valence-corrected chi connectivity index (χ0v) is 8.32. The van der Waals surface area contributed by atoms with Crippen molar-refractivity contribution in [2.24, 2.45) is 0 Å². The number of phenols is 1. The van der Waals surface area contributed by atoms with Gasteiger partial charge < -0.3 is 10.2 Å². The average molecular weight is 245 g/mol. The molecule has 2 aromatic rings. The van der Waals surface area contributed by atoms with Gasteiger partial charge in [-0.3, -0.25) is 0 Å². The van der Waals surface area contributed by atoms with E-state index in [1.54, 1.807) is 17.5 Å². The molecular formula is C8H5BrO2S.